The third kappa shape index (κ3) is 6.47. The molecule has 0 amide bonds. The van der Waals surface area contributed by atoms with E-state index in [0.717, 1.165) is 23.6 Å². The van der Waals surface area contributed by atoms with Crippen LogP contribution in [0, 0.1) is 0 Å². The van der Waals surface area contributed by atoms with Crippen LogP contribution in [-0.2, 0) is 5.41 Å². The van der Waals surface area contributed by atoms with Crippen molar-refractivity contribution in [3.05, 3.63) is 137 Å². The molecule has 0 radical (unpaired) electrons. The number of hydrogen-bond donors (Lipinski definition) is 1. The molecule has 1 N–H and O–H groups in total. The molecule has 0 spiro atoms. The van der Waals surface area contributed by atoms with Crippen molar-refractivity contribution in [3.8, 4) is 10.4 Å². The van der Waals surface area contributed by atoms with Gasteiger partial charge in [-0.05, 0) is 92.6 Å². The van der Waals surface area contributed by atoms with Gasteiger partial charge in [0.15, 0.2) is 5.71 Å². The van der Waals surface area contributed by atoms with Gasteiger partial charge in [-0.2, -0.15) is 4.58 Å². The molecule has 0 unspecified atom stereocenters. The zero-order chi connectivity index (χ0) is 32.1. The average Bonchev–Trinajstić information content (AvgIpc) is 3.63. The van der Waals surface area contributed by atoms with E-state index in [1.165, 1.54) is 58.0 Å². The standard InChI is InChI=1S/C41H40N2O2S/c1-4-5-6-12-29-42-37-16-11-10-15-36(37)41(2,3)39(42)28-26-35-25-27-38(46-35)30-17-21-33(22-18-30)43(32-13-8-7-9-14-32)34-23-19-31(20-24-34)40(44)45/h7-11,13-28H,4-6,12,29H2,1-3H3/p+1. The Morgan fingerprint density at radius 2 is 1.41 bits per heavy atom. The molecule has 5 heteroatoms. The number of allylic oxidation sites excluding steroid dienone is 1. The number of aromatic carboxylic acids is 1. The molecule has 0 bridgehead atoms. The second kappa shape index (κ2) is 13.7. The van der Waals surface area contributed by atoms with Gasteiger partial charge in [0, 0.05) is 50.9 Å². The van der Waals surface area contributed by atoms with Gasteiger partial charge in [-0.15, -0.1) is 11.3 Å². The Balaban J connectivity index is 1.25. The third-order valence-corrected chi connectivity index (χ3v) is 9.96. The normalized spacial score (nSPS) is 13.7. The highest BCUT2D eigenvalue weighted by Gasteiger charge is 2.43. The first-order chi connectivity index (χ1) is 22.4. The minimum Gasteiger partial charge on any atom is -0.478 e. The molecule has 0 aliphatic carbocycles. The molecule has 4 aromatic carbocycles. The highest BCUT2D eigenvalue weighted by atomic mass is 32.1. The Morgan fingerprint density at radius 1 is 0.761 bits per heavy atom. The van der Waals surface area contributed by atoms with E-state index in [0.29, 0.717) is 0 Å². The number of benzene rings is 4. The molecule has 5 aromatic rings. The quantitative estimate of drug-likeness (QED) is 0.111. The summed E-state index contributed by atoms with van der Waals surface area (Å²) in [5, 5.41) is 9.38. The fourth-order valence-electron chi connectivity index (χ4n) is 6.39. The predicted molar refractivity (Wildman–Crippen MR) is 194 cm³/mol. The lowest BCUT2D eigenvalue weighted by Gasteiger charge is -2.25. The first-order valence-electron chi connectivity index (χ1n) is 16.2. The number of carbonyl (C=O) groups is 1. The Bertz CT molecular complexity index is 1870. The van der Waals surface area contributed by atoms with E-state index in [-0.39, 0.29) is 11.0 Å². The number of hydrogen-bond acceptors (Lipinski definition) is 3. The number of unbranched alkanes of at least 4 members (excludes halogenated alkanes) is 3. The van der Waals surface area contributed by atoms with E-state index in [2.05, 4.69) is 115 Å². The fraction of sp³-hybridized carbons (Fsp3) is 0.220. The lowest BCUT2D eigenvalue weighted by atomic mass is 9.81. The number of carboxylic acid groups (broad SMARTS) is 1. The molecule has 0 fully saturated rings. The number of rotatable bonds is 12. The highest BCUT2D eigenvalue weighted by molar-refractivity contribution is 7.16. The molecule has 0 atom stereocenters. The van der Waals surface area contributed by atoms with E-state index >= 15 is 0 Å². The summed E-state index contributed by atoms with van der Waals surface area (Å²) < 4.78 is 2.54. The van der Waals surface area contributed by atoms with Crippen LogP contribution in [0.3, 0.4) is 0 Å². The molecule has 1 aliphatic heterocycles. The van der Waals surface area contributed by atoms with Crippen LogP contribution < -0.4 is 4.90 Å². The number of thiophene rings is 1. The number of fused-ring (bicyclic) bond motifs is 1. The average molecular weight is 626 g/mol. The smallest absolute Gasteiger partial charge is 0.335 e. The SMILES string of the molecule is CCCCCC[N+]1=C(C=Cc2ccc(-c3ccc(N(c4ccccc4)c4ccc(C(=O)O)cc4)cc3)s2)C(C)(C)c2ccccc21. The van der Waals surface area contributed by atoms with E-state index in [1.54, 1.807) is 23.5 Å². The van der Waals surface area contributed by atoms with Crippen LogP contribution in [0.15, 0.2) is 121 Å². The van der Waals surface area contributed by atoms with Gasteiger partial charge in [-0.3, -0.25) is 0 Å². The van der Waals surface area contributed by atoms with Crippen LogP contribution >= 0.6 is 11.3 Å². The Kier molecular flexibility index (Phi) is 9.32. The molecule has 2 heterocycles. The Hall–Kier alpha value is -4.74. The van der Waals surface area contributed by atoms with Crippen molar-refractivity contribution in [3.63, 3.8) is 0 Å². The molecule has 46 heavy (non-hydrogen) atoms. The summed E-state index contributed by atoms with van der Waals surface area (Å²) in [6.07, 6.45) is 9.61. The summed E-state index contributed by atoms with van der Waals surface area (Å²) in [7, 11) is 0. The monoisotopic (exact) mass is 625 g/mol. The van der Waals surface area contributed by atoms with Gasteiger partial charge in [-0.25, -0.2) is 4.79 Å². The fourth-order valence-corrected chi connectivity index (χ4v) is 7.31. The van der Waals surface area contributed by atoms with Crippen LogP contribution in [0.2, 0.25) is 0 Å². The third-order valence-electron chi connectivity index (χ3n) is 8.86. The van der Waals surface area contributed by atoms with Crippen LogP contribution in [-0.4, -0.2) is 27.9 Å². The maximum atomic E-state index is 11.4. The zero-order valence-corrected chi connectivity index (χ0v) is 27.6. The minimum atomic E-state index is -0.928. The Morgan fingerprint density at radius 3 is 2.11 bits per heavy atom. The number of nitrogens with zero attached hydrogens (tertiary/aromatic N) is 2. The molecular formula is C41H41N2O2S+. The van der Waals surface area contributed by atoms with Gasteiger partial charge in [0.05, 0.1) is 11.0 Å². The molecule has 232 valence electrons. The van der Waals surface area contributed by atoms with Crippen molar-refractivity contribution in [2.45, 2.75) is 51.9 Å². The second-order valence-corrected chi connectivity index (χ2v) is 13.5. The molecule has 0 saturated heterocycles. The van der Waals surface area contributed by atoms with Crippen molar-refractivity contribution in [1.82, 2.24) is 0 Å². The molecule has 4 nitrogen and oxygen atoms in total. The van der Waals surface area contributed by atoms with Gasteiger partial charge in [-0.1, -0.05) is 68.3 Å². The van der Waals surface area contributed by atoms with Crippen molar-refractivity contribution in [2.24, 2.45) is 0 Å². The van der Waals surface area contributed by atoms with Crippen molar-refractivity contribution >= 4 is 51.8 Å². The van der Waals surface area contributed by atoms with Crippen molar-refractivity contribution in [2.75, 3.05) is 11.4 Å². The number of para-hydroxylation sites is 2. The van der Waals surface area contributed by atoms with Gasteiger partial charge in [0.2, 0.25) is 5.69 Å². The lowest BCUT2D eigenvalue weighted by Crippen LogP contribution is -2.27. The summed E-state index contributed by atoms with van der Waals surface area (Å²) in [4.78, 5) is 16.0. The topological polar surface area (TPSA) is 43.5 Å². The Labute approximate surface area is 276 Å². The summed E-state index contributed by atoms with van der Waals surface area (Å²) >= 11 is 1.80. The summed E-state index contributed by atoms with van der Waals surface area (Å²) in [5.74, 6) is -0.928. The maximum absolute atomic E-state index is 11.4. The molecule has 1 aliphatic rings. The lowest BCUT2D eigenvalue weighted by molar-refractivity contribution is -0.438. The zero-order valence-electron chi connectivity index (χ0n) is 26.8. The van der Waals surface area contributed by atoms with Gasteiger partial charge in [0.25, 0.3) is 0 Å². The van der Waals surface area contributed by atoms with E-state index in [1.807, 2.05) is 30.3 Å². The maximum Gasteiger partial charge on any atom is 0.335 e. The van der Waals surface area contributed by atoms with Crippen LogP contribution in [0.25, 0.3) is 16.5 Å². The van der Waals surface area contributed by atoms with Gasteiger partial charge >= 0.3 is 5.97 Å². The summed E-state index contributed by atoms with van der Waals surface area (Å²) in [6, 6.07) is 39.1. The second-order valence-electron chi connectivity index (χ2n) is 12.3. The summed E-state index contributed by atoms with van der Waals surface area (Å²) in [5.41, 5.74) is 8.42. The largest absolute Gasteiger partial charge is 0.478 e. The van der Waals surface area contributed by atoms with Crippen LogP contribution in [0.5, 0.6) is 0 Å². The number of carboxylic acids is 1. The first-order valence-corrected chi connectivity index (χ1v) is 17.0. The predicted octanol–water partition coefficient (Wildman–Crippen LogP) is 11.3. The molecule has 1 aromatic heterocycles. The minimum absolute atomic E-state index is 0.0493. The molecular weight excluding hydrogens is 585 g/mol. The van der Waals surface area contributed by atoms with Crippen molar-refractivity contribution in [1.29, 1.82) is 0 Å². The van der Waals surface area contributed by atoms with Gasteiger partial charge < -0.3 is 10.0 Å². The highest BCUT2D eigenvalue weighted by Crippen LogP contribution is 2.41. The van der Waals surface area contributed by atoms with E-state index in [4.69, 9.17) is 0 Å². The van der Waals surface area contributed by atoms with E-state index in [9.17, 15) is 9.90 Å². The first kappa shape index (κ1) is 31.3. The van der Waals surface area contributed by atoms with Crippen molar-refractivity contribution < 1.29 is 14.5 Å². The van der Waals surface area contributed by atoms with Crippen LogP contribution in [0.4, 0.5) is 22.7 Å². The van der Waals surface area contributed by atoms with Gasteiger partial charge in [0.1, 0.15) is 6.54 Å². The van der Waals surface area contributed by atoms with E-state index < -0.39 is 5.97 Å². The number of anilines is 3. The molecule has 0 saturated carbocycles. The summed E-state index contributed by atoms with van der Waals surface area (Å²) in [6.45, 7) is 8.00. The molecule has 6 rings (SSSR count). The van der Waals surface area contributed by atoms with Crippen LogP contribution in [0.1, 0.15) is 67.3 Å².